The molecule has 0 aromatic carbocycles. The minimum Gasteiger partial charge on any atom is -0.354 e. The molecule has 0 radical (unpaired) electrons. The van der Waals surface area contributed by atoms with Crippen LogP contribution >= 0.6 is 48.8 Å². The molecular formula is C8H16N2S4. The van der Waals surface area contributed by atoms with Crippen molar-refractivity contribution < 1.29 is 0 Å². The van der Waals surface area contributed by atoms with E-state index in [1.54, 1.807) is 11.8 Å². The fourth-order valence-electron chi connectivity index (χ4n) is 0.760. The van der Waals surface area contributed by atoms with Gasteiger partial charge in [0.05, 0.1) is 6.67 Å². The fraction of sp³-hybridized carbons (Fsp3) is 0.750. The van der Waals surface area contributed by atoms with Crippen LogP contribution in [0, 0.1) is 0 Å². The van der Waals surface area contributed by atoms with Crippen LogP contribution < -0.4 is 10.6 Å². The van der Waals surface area contributed by atoms with E-state index in [0.717, 1.165) is 10.1 Å². The van der Waals surface area contributed by atoms with Crippen molar-refractivity contribution in [1.82, 2.24) is 10.6 Å². The molecule has 6 heteroatoms. The van der Waals surface area contributed by atoms with Crippen molar-refractivity contribution in [2.45, 2.75) is 26.2 Å². The van der Waals surface area contributed by atoms with Crippen LogP contribution in [0.15, 0.2) is 0 Å². The number of hydrogen-bond acceptors (Lipinski definition) is 3. The smallest absolute Gasteiger partial charge is 0.135 e. The summed E-state index contributed by atoms with van der Waals surface area (Å²) in [5.74, 6) is 1.09. The third-order valence-electron chi connectivity index (χ3n) is 1.45. The highest BCUT2D eigenvalue weighted by Gasteiger charge is 1.95. The van der Waals surface area contributed by atoms with Gasteiger partial charge in [-0.25, -0.2) is 0 Å². The molecular weight excluding hydrogens is 252 g/mol. The Morgan fingerprint density at radius 1 is 1.29 bits per heavy atom. The zero-order valence-corrected chi connectivity index (χ0v) is 11.6. The van der Waals surface area contributed by atoms with Crippen LogP contribution in [0.1, 0.15) is 26.2 Å². The van der Waals surface area contributed by atoms with Gasteiger partial charge >= 0.3 is 0 Å². The summed E-state index contributed by atoms with van der Waals surface area (Å²) in [5, 5.41) is 5.90. The van der Waals surface area contributed by atoms with E-state index in [9.17, 15) is 0 Å². The zero-order valence-electron chi connectivity index (χ0n) is 8.21. The van der Waals surface area contributed by atoms with Gasteiger partial charge in [0.1, 0.15) is 8.64 Å². The summed E-state index contributed by atoms with van der Waals surface area (Å²) >= 11 is 15.4. The third kappa shape index (κ3) is 10.6. The number of thiol groups is 1. The highest BCUT2D eigenvalue weighted by molar-refractivity contribution is 8.22. The SMILES string of the molecule is CCCCCSC(=S)NCNC(=S)S. The molecule has 0 aliphatic heterocycles. The van der Waals surface area contributed by atoms with Gasteiger partial charge in [-0.3, -0.25) is 0 Å². The van der Waals surface area contributed by atoms with Gasteiger partial charge in [0, 0.05) is 5.75 Å². The predicted octanol–water partition coefficient (Wildman–Crippen LogP) is 2.55. The number of rotatable bonds is 6. The third-order valence-corrected chi connectivity index (χ3v) is 3.15. The molecule has 0 aliphatic carbocycles. The molecule has 0 unspecified atom stereocenters. The molecule has 0 spiro atoms. The van der Waals surface area contributed by atoms with Crippen LogP contribution in [0.5, 0.6) is 0 Å². The van der Waals surface area contributed by atoms with Crippen molar-refractivity contribution in [3.8, 4) is 0 Å². The standard InChI is InChI=1S/C8H16N2S4/c1-2-3-4-5-14-8(13)10-6-9-7(11)12/h2-6H2,1H3,(H,10,13)(H2,9,11,12). The van der Waals surface area contributed by atoms with Crippen molar-refractivity contribution in [2.75, 3.05) is 12.4 Å². The van der Waals surface area contributed by atoms with E-state index in [0.29, 0.717) is 11.0 Å². The molecule has 0 aromatic heterocycles. The lowest BCUT2D eigenvalue weighted by Crippen LogP contribution is -2.32. The molecule has 2 N–H and O–H groups in total. The molecule has 14 heavy (non-hydrogen) atoms. The van der Waals surface area contributed by atoms with Crippen LogP contribution in [0.4, 0.5) is 0 Å². The second kappa shape index (κ2) is 10.0. The molecule has 0 rings (SSSR count). The van der Waals surface area contributed by atoms with Crippen LogP contribution in [-0.2, 0) is 0 Å². The second-order valence-corrected chi connectivity index (χ2v) is 5.61. The summed E-state index contributed by atoms with van der Waals surface area (Å²) in [6.45, 7) is 2.75. The normalized spacial score (nSPS) is 9.57. The molecule has 0 saturated carbocycles. The van der Waals surface area contributed by atoms with E-state index < -0.39 is 0 Å². The van der Waals surface area contributed by atoms with Crippen molar-refractivity contribution in [2.24, 2.45) is 0 Å². The maximum Gasteiger partial charge on any atom is 0.135 e. The maximum atomic E-state index is 5.10. The van der Waals surface area contributed by atoms with Gasteiger partial charge in [0.25, 0.3) is 0 Å². The number of unbranched alkanes of at least 4 members (excludes halogenated alkanes) is 2. The average molecular weight is 268 g/mol. The van der Waals surface area contributed by atoms with Gasteiger partial charge in [-0.15, -0.1) is 12.6 Å². The summed E-state index contributed by atoms with van der Waals surface area (Å²) < 4.78 is 1.30. The summed E-state index contributed by atoms with van der Waals surface area (Å²) in [6.07, 6.45) is 3.74. The Labute approximate surface area is 106 Å². The van der Waals surface area contributed by atoms with Gasteiger partial charge in [-0.1, -0.05) is 56.0 Å². The Morgan fingerprint density at radius 3 is 2.57 bits per heavy atom. The molecule has 0 aliphatic rings. The largest absolute Gasteiger partial charge is 0.354 e. The Kier molecular flexibility index (Phi) is 10.4. The van der Waals surface area contributed by atoms with E-state index in [4.69, 9.17) is 24.4 Å². The van der Waals surface area contributed by atoms with Gasteiger partial charge in [0.15, 0.2) is 0 Å². The lowest BCUT2D eigenvalue weighted by Gasteiger charge is -2.07. The van der Waals surface area contributed by atoms with Gasteiger partial charge in [-0.2, -0.15) is 0 Å². The first-order chi connectivity index (χ1) is 6.66. The second-order valence-electron chi connectivity index (χ2n) is 2.68. The summed E-state index contributed by atoms with van der Waals surface area (Å²) in [4.78, 5) is 0. The average Bonchev–Trinajstić information content (AvgIpc) is 2.12. The summed E-state index contributed by atoms with van der Waals surface area (Å²) in [5.41, 5.74) is 0. The van der Waals surface area contributed by atoms with E-state index >= 15 is 0 Å². The van der Waals surface area contributed by atoms with E-state index in [1.165, 1.54) is 19.3 Å². The molecule has 0 heterocycles. The molecule has 0 aromatic rings. The van der Waals surface area contributed by atoms with Crippen molar-refractivity contribution in [3.05, 3.63) is 0 Å². The van der Waals surface area contributed by atoms with Crippen molar-refractivity contribution in [1.29, 1.82) is 0 Å². The van der Waals surface area contributed by atoms with Crippen LogP contribution in [0.3, 0.4) is 0 Å². The number of hydrogen-bond donors (Lipinski definition) is 3. The van der Waals surface area contributed by atoms with Gasteiger partial charge in [0.2, 0.25) is 0 Å². The highest BCUT2D eigenvalue weighted by atomic mass is 32.2. The van der Waals surface area contributed by atoms with Crippen LogP contribution in [-0.4, -0.2) is 21.1 Å². The van der Waals surface area contributed by atoms with Crippen molar-refractivity contribution in [3.63, 3.8) is 0 Å². The van der Waals surface area contributed by atoms with Gasteiger partial charge in [-0.05, 0) is 6.42 Å². The molecule has 0 bridgehead atoms. The van der Waals surface area contributed by atoms with Gasteiger partial charge < -0.3 is 10.6 Å². The minimum absolute atomic E-state index is 0.483. The van der Waals surface area contributed by atoms with Crippen LogP contribution in [0.25, 0.3) is 0 Å². The van der Waals surface area contributed by atoms with Crippen molar-refractivity contribution >= 4 is 57.5 Å². The summed E-state index contributed by atoms with van der Waals surface area (Å²) in [7, 11) is 0. The molecule has 0 amide bonds. The maximum absolute atomic E-state index is 5.10. The molecule has 0 fully saturated rings. The Hall–Kier alpha value is 0.480. The predicted molar refractivity (Wildman–Crippen MR) is 77.3 cm³/mol. The monoisotopic (exact) mass is 268 g/mol. The molecule has 0 atom stereocenters. The lowest BCUT2D eigenvalue weighted by atomic mass is 10.3. The Morgan fingerprint density at radius 2 is 2.00 bits per heavy atom. The molecule has 82 valence electrons. The van der Waals surface area contributed by atoms with E-state index in [1.807, 2.05) is 0 Å². The number of thioether (sulfide) groups is 1. The first-order valence-electron chi connectivity index (χ1n) is 4.54. The van der Waals surface area contributed by atoms with E-state index in [2.05, 4.69) is 30.2 Å². The van der Waals surface area contributed by atoms with Crippen LogP contribution in [0.2, 0.25) is 0 Å². The molecule has 2 nitrogen and oxygen atoms in total. The quantitative estimate of drug-likeness (QED) is 0.297. The zero-order chi connectivity index (χ0) is 10.8. The van der Waals surface area contributed by atoms with E-state index in [-0.39, 0.29) is 0 Å². The highest BCUT2D eigenvalue weighted by Crippen LogP contribution is 2.06. The first-order valence-corrected chi connectivity index (χ1v) is 6.79. The fourth-order valence-corrected chi connectivity index (χ4v) is 1.94. The summed E-state index contributed by atoms with van der Waals surface area (Å²) in [6, 6.07) is 0. The Bertz CT molecular complexity index is 184. The topological polar surface area (TPSA) is 24.1 Å². The minimum atomic E-state index is 0.483. The Balaban J connectivity index is 3.24. The lowest BCUT2D eigenvalue weighted by molar-refractivity contribution is 0.779. The first kappa shape index (κ1) is 14.5. The molecule has 0 saturated heterocycles. The number of thiocarbonyl (C=S) groups is 2. The number of nitrogens with one attached hydrogen (secondary N) is 2.